The average Bonchev–Trinajstić information content (AvgIpc) is 3.10. The van der Waals surface area contributed by atoms with Gasteiger partial charge in [-0.15, -0.1) is 0 Å². The van der Waals surface area contributed by atoms with Gasteiger partial charge >= 0.3 is 0 Å². The highest BCUT2D eigenvalue weighted by Gasteiger charge is 2.17. The number of carbonyl (C=O) groups excluding carboxylic acids is 1. The zero-order valence-electron chi connectivity index (χ0n) is 11.8. The van der Waals surface area contributed by atoms with Crippen LogP contribution in [0, 0.1) is 0 Å². The Morgan fingerprint density at radius 2 is 2.19 bits per heavy atom. The van der Waals surface area contributed by atoms with Crippen LogP contribution in [0.25, 0.3) is 11.4 Å². The van der Waals surface area contributed by atoms with Crippen LogP contribution < -0.4 is 11.1 Å². The zero-order chi connectivity index (χ0) is 14.7. The molecule has 0 radical (unpaired) electrons. The number of nitrogen functional groups attached to an aromatic ring is 1. The van der Waals surface area contributed by atoms with Crippen molar-refractivity contribution in [1.82, 2.24) is 20.1 Å². The molecule has 1 amide bonds. The van der Waals surface area contributed by atoms with Gasteiger partial charge in [-0.3, -0.25) is 4.79 Å². The summed E-state index contributed by atoms with van der Waals surface area (Å²) < 4.78 is 1.56. The topological polar surface area (TPSA) is 85.8 Å². The largest absolute Gasteiger partial charge is 0.399 e. The first-order valence-electron chi connectivity index (χ1n) is 7.25. The van der Waals surface area contributed by atoms with Crippen molar-refractivity contribution in [1.29, 1.82) is 0 Å². The lowest BCUT2D eigenvalue weighted by atomic mass is 10.2. The molecular formula is C15H19N5O. The van der Waals surface area contributed by atoms with Gasteiger partial charge in [-0.05, 0) is 25.0 Å². The van der Waals surface area contributed by atoms with Gasteiger partial charge in [0.25, 0.3) is 0 Å². The minimum absolute atomic E-state index is 0.00840. The summed E-state index contributed by atoms with van der Waals surface area (Å²) in [5.41, 5.74) is 7.27. The molecule has 0 bridgehead atoms. The van der Waals surface area contributed by atoms with Gasteiger partial charge in [-0.2, -0.15) is 5.10 Å². The smallest absolute Gasteiger partial charge is 0.242 e. The molecule has 0 atom stereocenters. The number of rotatable bonds is 4. The fourth-order valence-electron chi connectivity index (χ4n) is 2.67. The highest BCUT2D eigenvalue weighted by Crippen LogP contribution is 2.18. The molecule has 0 spiro atoms. The van der Waals surface area contributed by atoms with E-state index in [9.17, 15) is 4.79 Å². The highest BCUT2D eigenvalue weighted by atomic mass is 16.2. The first-order chi connectivity index (χ1) is 10.2. The Labute approximate surface area is 123 Å². The third kappa shape index (κ3) is 3.39. The van der Waals surface area contributed by atoms with E-state index < -0.39 is 0 Å². The van der Waals surface area contributed by atoms with E-state index in [2.05, 4.69) is 15.4 Å². The molecule has 1 fully saturated rings. The van der Waals surface area contributed by atoms with Crippen molar-refractivity contribution in [2.45, 2.75) is 38.3 Å². The molecule has 2 aromatic rings. The molecule has 1 aliphatic carbocycles. The lowest BCUT2D eigenvalue weighted by Crippen LogP contribution is -2.35. The second-order valence-electron chi connectivity index (χ2n) is 5.44. The van der Waals surface area contributed by atoms with Gasteiger partial charge in [0, 0.05) is 17.3 Å². The van der Waals surface area contributed by atoms with Crippen molar-refractivity contribution < 1.29 is 4.79 Å². The third-order valence-electron chi connectivity index (χ3n) is 3.71. The molecule has 110 valence electrons. The number of anilines is 1. The Kier molecular flexibility index (Phi) is 3.85. The van der Waals surface area contributed by atoms with Crippen molar-refractivity contribution in [2.24, 2.45) is 0 Å². The number of nitrogens with one attached hydrogen (secondary N) is 1. The second kappa shape index (κ2) is 5.95. The molecule has 1 heterocycles. The predicted octanol–water partition coefficient (Wildman–Crippen LogP) is 1.59. The summed E-state index contributed by atoms with van der Waals surface area (Å²) in [6.07, 6.45) is 6.14. The second-order valence-corrected chi connectivity index (χ2v) is 5.44. The minimum Gasteiger partial charge on any atom is -0.399 e. The fraction of sp³-hybridized carbons (Fsp3) is 0.400. The summed E-state index contributed by atoms with van der Waals surface area (Å²) in [5, 5.41) is 7.36. The van der Waals surface area contributed by atoms with Crippen LogP contribution in [0.1, 0.15) is 25.7 Å². The number of nitrogens with two attached hydrogens (primary N) is 1. The molecular weight excluding hydrogens is 266 g/mol. The number of carbonyl (C=O) groups is 1. The minimum atomic E-state index is -0.00840. The number of hydrogen-bond donors (Lipinski definition) is 2. The van der Waals surface area contributed by atoms with Gasteiger partial charge in [-0.1, -0.05) is 25.0 Å². The Hall–Kier alpha value is -2.37. The first kappa shape index (κ1) is 13.6. The summed E-state index contributed by atoms with van der Waals surface area (Å²) in [7, 11) is 0. The summed E-state index contributed by atoms with van der Waals surface area (Å²) >= 11 is 0. The van der Waals surface area contributed by atoms with Crippen LogP contribution in [0.5, 0.6) is 0 Å². The van der Waals surface area contributed by atoms with Crippen LogP contribution in [0.4, 0.5) is 5.69 Å². The molecule has 1 aromatic heterocycles. The fourth-order valence-corrected chi connectivity index (χ4v) is 2.67. The molecule has 1 saturated carbocycles. The Balaban J connectivity index is 1.63. The zero-order valence-corrected chi connectivity index (χ0v) is 11.8. The van der Waals surface area contributed by atoms with Crippen LogP contribution in [0.2, 0.25) is 0 Å². The SMILES string of the molecule is Nc1cccc(-c2ncn(CC(=O)NC3CCCC3)n2)c1. The van der Waals surface area contributed by atoms with Crippen LogP contribution in [0.15, 0.2) is 30.6 Å². The summed E-state index contributed by atoms with van der Waals surface area (Å²) in [5.74, 6) is 0.571. The highest BCUT2D eigenvalue weighted by molar-refractivity contribution is 5.76. The van der Waals surface area contributed by atoms with Crippen molar-refractivity contribution in [3.63, 3.8) is 0 Å². The molecule has 6 heteroatoms. The van der Waals surface area contributed by atoms with E-state index in [4.69, 9.17) is 5.73 Å². The first-order valence-corrected chi connectivity index (χ1v) is 7.25. The monoisotopic (exact) mass is 285 g/mol. The van der Waals surface area contributed by atoms with Crippen LogP contribution in [-0.2, 0) is 11.3 Å². The van der Waals surface area contributed by atoms with Gasteiger partial charge in [-0.25, -0.2) is 9.67 Å². The third-order valence-corrected chi connectivity index (χ3v) is 3.71. The Bertz CT molecular complexity index is 630. The predicted molar refractivity (Wildman–Crippen MR) is 80.3 cm³/mol. The molecule has 21 heavy (non-hydrogen) atoms. The van der Waals surface area contributed by atoms with Gasteiger partial charge in [0.05, 0.1) is 0 Å². The van der Waals surface area contributed by atoms with Crippen LogP contribution in [0.3, 0.4) is 0 Å². The van der Waals surface area contributed by atoms with Crippen molar-refractivity contribution in [3.05, 3.63) is 30.6 Å². The lowest BCUT2D eigenvalue weighted by Gasteiger charge is -2.11. The molecule has 0 aliphatic heterocycles. The number of hydrogen-bond acceptors (Lipinski definition) is 4. The van der Waals surface area contributed by atoms with Gasteiger partial charge in [0.2, 0.25) is 5.91 Å². The summed E-state index contributed by atoms with van der Waals surface area (Å²) in [6.45, 7) is 0.200. The molecule has 6 nitrogen and oxygen atoms in total. The summed E-state index contributed by atoms with van der Waals surface area (Å²) in [4.78, 5) is 16.2. The quantitative estimate of drug-likeness (QED) is 0.835. The van der Waals surface area contributed by atoms with Gasteiger partial charge in [0.15, 0.2) is 5.82 Å². The van der Waals surface area contributed by atoms with Crippen molar-refractivity contribution >= 4 is 11.6 Å². The van der Waals surface area contributed by atoms with E-state index in [0.29, 0.717) is 17.6 Å². The number of benzene rings is 1. The maximum absolute atomic E-state index is 11.9. The molecule has 0 unspecified atom stereocenters. The number of amides is 1. The van der Waals surface area contributed by atoms with Crippen LogP contribution >= 0.6 is 0 Å². The Morgan fingerprint density at radius 3 is 2.95 bits per heavy atom. The maximum Gasteiger partial charge on any atom is 0.242 e. The van der Waals surface area contributed by atoms with Gasteiger partial charge in [0.1, 0.15) is 12.9 Å². The van der Waals surface area contributed by atoms with E-state index in [-0.39, 0.29) is 12.5 Å². The van der Waals surface area contributed by atoms with Crippen molar-refractivity contribution in [3.8, 4) is 11.4 Å². The van der Waals surface area contributed by atoms with E-state index in [1.807, 2.05) is 24.3 Å². The van der Waals surface area contributed by atoms with Gasteiger partial charge < -0.3 is 11.1 Å². The average molecular weight is 285 g/mol. The Morgan fingerprint density at radius 1 is 1.38 bits per heavy atom. The standard InChI is InChI=1S/C15H19N5O/c16-12-5-3-4-11(8-12)15-17-10-20(19-15)9-14(21)18-13-6-1-2-7-13/h3-5,8,10,13H,1-2,6-7,9,16H2,(H,18,21). The summed E-state index contributed by atoms with van der Waals surface area (Å²) in [6, 6.07) is 7.72. The van der Waals surface area contributed by atoms with E-state index in [1.54, 1.807) is 11.0 Å². The van der Waals surface area contributed by atoms with E-state index in [1.165, 1.54) is 12.8 Å². The van der Waals surface area contributed by atoms with E-state index >= 15 is 0 Å². The molecule has 3 rings (SSSR count). The number of nitrogens with zero attached hydrogens (tertiary/aromatic N) is 3. The molecule has 0 saturated heterocycles. The normalized spacial score (nSPS) is 15.2. The maximum atomic E-state index is 11.9. The lowest BCUT2D eigenvalue weighted by molar-refractivity contribution is -0.122. The number of aromatic nitrogens is 3. The molecule has 1 aliphatic rings. The molecule has 1 aromatic carbocycles. The van der Waals surface area contributed by atoms with E-state index in [0.717, 1.165) is 18.4 Å². The van der Waals surface area contributed by atoms with Crippen molar-refractivity contribution in [2.75, 3.05) is 5.73 Å². The molecule has 3 N–H and O–H groups in total. The van der Waals surface area contributed by atoms with Crippen LogP contribution in [-0.4, -0.2) is 26.7 Å².